The Balaban J connectivity index is 2.04. The molecule has 1 aromatic carbocycles. The van der Waals surface area contributed by atoms with Crippen molar-refractivity contribution in [2.75, 3.05) is 26.2 Å². The number of carbonyl (C=O) groups excluding carboxylic acids is 1. The molecular weight excluding hydrogens is 322 g/mol. The number of hydrogen-bond acceptors (Lipinski definition) is 5. The quantitative estimate of drug-likeness (QED) is 0.516. The summed E-state index contributed by atoms with van der Waals surface area (Å²) in [6.07, 6.45) is 0.723. The number of nitrogens with one attached hydrogen (secondary N) is 1. The van der Waals surface area contributed by atoms with Gasteiger partial charge < -0.3 is 20.3 Å². The molecule has 1 saturated heterocycles. The summed E-state index contributed by atoms with van der Waals surface area (Å²) in [7, 11) is -3.96. The molecule has 0 bridgehead atoms. The van der Waals surface area contributed by atoms with Crippen molar-refractivity contribution in [1.82, 2.24) is 5.32 Å². The number of carbonyl (C=O) groups is 1. The highest BCUT2D eigenvalue weighted by molar-refractivity contribution is 7.89. The lowest BCUT2D eigenvalue weighted by Gasteiger charge is -2.37. The normalized spacial score (nSPS) is 24.6. The monoisotopic (exact) mass is 343 g/mol. The fraction of sp³-hybridized carbons (Fsp3) is 0.500. The van der Waals surface area contributed by atoms with Crippen LogP contribution >= 0.6 is 0 Å². The third-order valence-electron chi connectivity index (χ3n) is 4.20. The van der Waals surface area contributed by atoms with Crippen LogP contribution in [0.3, 0.4) is 0 Å². The number of phenols is 1. The number of nitrogens with two attached hydrogens (primary N) is 1. The van der Waals surface area contributed by atoms with Gasteiger partial charge >= 0.3 is 0 Å². The standard InChI is InChI=1S/C14H21N3O5S/c1-2-17(20)6-5-10(9-17)8-16-14(19)12-7-11(23(15,21)22)3-4-13(12)18/h3-4,7,10,18H,2,5-6,8-9H2,1H3,(H,16,19)(H2,15,21,22). The molecule has 23 heavy (non-hydrogen) atoms. The number of benzene rings is 1. The van der Waals surface area contributed by atoms with Gasteiger partial charge in [0.2, 0.25) is 10.0 Å². The van der Waals surface area contributed by atoms with E-state index in [1.165, 1.54) is 0 Å². The first kappa shape index (κ1) is 17.7. The summed E-state index contributed by atoms with van der Waals surface area (Å²) >= 11 is 0. The smallest absolute Gasteiger partial charge is 0.255 e. The number of amides is 1. The summed E-state index contributed by atoms with van der Waals surface area (Å²) in [4.78, 5) is 11.9. The Morgan fingerprint density at radius 1 is 1.52 bits per heavy atom. The fourth-order valence-electron chi connectivity index (χ4n) is 2.73. The van der Waals surface area contributed by atoms with E-state index in [2.05, 4.69) is 5.32 Å². The van der Waals surface area contributed by atoms with Crippen molar-refractivity contribution in [1.29, 1.82) is 0 Å². The van der Waals surface area contributed by atoms with Gasteiger partial charge in [-0.3, -0.25) is 4.79 Å². The molecule has 0 aromatic heterocycles. The van der Waals surface area contributed by atoms with Crippen molar-refractivity contribution in [2.24, 2.45) is 11.1 Å². The zero-order valence-electron chi connectivity index (χ0n) is 12.9. The number of hydroxylamine groups is 3. The number of primary sulfonamides is 1. The minimum atomic E-state index is -3.96. The molecule has 1 amide bonds. The summed E-state index contributed by atoms with van der Waals surface area (Å²) in [5, 5.41) is 29.5. The second-order valence-electron chi connectivity index (χ2n) is 5.87. The Hall–Kier alpha value is -1.68. The summed E-state index contributed by atoms with van der Waals surface area (Å²) in [5.74, 6) is -0.857. The second-order valence-corrected chi connectivity index (χ2v) is 7.43. The summed E-state index contributed by atoms with van der Waals surface area (Å²) in [6, 6.07) is 3.28. The van der Waals surface area contributed by atoms with Gasteiger partial charge in [0.25, 0.3) is 5.91 Å². The largest absolute Gasteiger partial charge is 0.633 e. The molecular formula is C14H21N3O5S. The van der Waals surface area contributed by atoms with Crippen LogP contribution in [0.25, 0.3) is 0 Å². The lowest BCUT2D eigenvalue weighted by molar-refractivity contribution is -0.867. The average Bonchev–Trinajstić information content (AvgIpc) is 2.86. The first-order valence-electron chi connectivity index (χ1n) is 7.36. The average molecular weight is 343 g/mol. The van der Waals surface area contributed by atoms with Gasteiger partial charge in [0, 0.05) is 18.9 Å². The van der Waals surface area contributed by atoms with Gasteiger partial charge in [0.05, 0.1) is 30.1 Å². The van der Waals surface area contributed by atoms with Crippen LogP contribution in [0.1, 0.15) is 23.7 Å². The Labute approximate surface area is 135 Å². The third kappa shape index (κ3) is 4.20. The van der Waals surface area contributed by atoms with Gasteiger partial charge in [0.15, 0.2) is 0 Å². The van der Waals surface area contributed by atoms with Crippen molar-refractivity contribution in [2.45, 2.75) is 18.2 Å². The van der Waals surface area contributed by atoms with Gasteiger partial charge in [-0.1, -0.05) is 0 Å². The van der Waals surface area contributed by atoms with Crippen LogP contribution in [-0.2, 0) is 10.0 Å². The topological polar surface area (TPSA) is 133 Å². The van der Waals surface area contributed by atoms with Gasteiger partial charge in [-0.25, -0.2) is 13.6 Å². The first-order chi connectivity index (χ1) is 10.6. The SMILES string of the molecule is CC[N+]1([O-])CCC(CNC(=O)c2cc(S(N)(=O)=O)ccc2O)C1. The van der Waals surface area contributed by atoms with Crippen molar-refractivity contribution in [3.63, 3.8) is 0 Å². The fourth-order valence-corrected chi connectivity index (χ4v) is 3.27. The molecule has 2 atom stereocenters. The van der Waals surface area contributed by atoms with E-state index < -0.39 is 15.9 Å². The molecule has 0 radical (unpaired) electrons. The minimum absolute atomic E-state index is 0.0694. The van der Waals surface area contributed by atoms with Crippen LogP contribution < -0.4 is 10.5 Å². The molecule has 2 rings (SSSR count). The Morgan fingerprint density at radius 3 is 2.78 bits per heavy atom. The molecule has 0 saturated carbocycles. The van der Waals surface area contributed by atoms with Gasteiger partial charge in [-0.05, 0) is 25.1 Å². The minimum Gasteiger partial charge on any atom is -0.633 e. The lowest BCUT2D eigenvalue weighted by Crippen LogP contribution is -2.40. The van der Waals surface area contributed by atoms with E-state index in [0.717, 1.165) is 24.6 Å². The molecule has 1 aliphatic heterocycles. The van der Waals surface area contributed by atoms with E-state index in [1.807, 2.05) is 6.92 Å². The molecule has 4 N–H and O–H groups in total. The van der Waals surface area contributed by atoms with E-state index in [-0.39, 0.29) is 26.8 Å². The van der Waals surface area contributed by atoms with Crippen molar-refractivity contribution < 1.29 is 23.0 Å². The molecule has 1 aliphatic rings. The summed E-state index contributed by atoms with van der Waals surface area (Å²) in [5.41, 5.74) is -0.159. The molecule has 0 aliphatic carbocycles. The molecule has 2 unspecified atom stereocenters. The first-order valence-corrected chi connectivity index (χ1v) is 8.90. The zero-order chi connectivity index (χ0) is 17.3. The van der Waals surface area contributed by atoms with Crippen LogP contribution in [0.4, 0.5) is 0 Å². The van der Waals surface area contributed by atoms with E-state index in [9.17, 15) is 23.5 Å². The van der Waals surface area contributed by atoms with E-state index in [0.29, 0.717) is 26.2 Å². The highest BCUT2D eigenvalue weighted by Crippen LogP contribution is 2.23. The number of quaternary nitrogens is 1. The number of phenolic OH excluding ortho intramolecular Hbond substituents is 1. The molecule has 9 heteroatoms. The van der Waals surface area contributed by atoms with E-state index in [1.54, 1.807) is 0 Å². The van der Waals surface area contributed by atoms with Gasteiger partial charge in [0.1, 0.15) is 5.75 Å². The number of nitrogens with zero attached hydrogens (tertiary/aromatic N) is 1. The molecule has 0 spiro atoms. The van der Waals surface area contributed by atoms with E-state index >= 15 is 0 Å². The van der Waals surface area contributed by atoms with Crippen LogP contribution in [-0.4, -0.2) is 50.3 Å². The Morgan fingerprint density at radius 2 is 2.22 bits per heavy atom. The van der Waals surface area contributed by atoms with Crippen LogP contribution in [0.2, 0.25) is 0 Å². The molecule has 8 nitrogen and oxygen atoms in total. The molecule has 1 fully saturated rings. The molecule has 1 heterocycles. The van der Waals surface area contributed by atoms with E-state index in [4.69, 9.17) is 5.14 Å². The number of aromatic hydroxyl groups is 1. The highest BCUT2D eigenvalue weighted by atomic mass is 32.2. The predicted molar refractivity (Wildman–Crippen MR) is 83.8 cm³/mol. The van der Waals surface area contributed by atoms with Crippen molar-refractivity contribution >= 4 is 15.9 Å². The number of rotatable bonds is 5. The van der Waals surface area contributed by atoms with Crippen LogP contribution in [0.5, 0.6) is 5.75 Å². The maximum absolute atomic E-state index is 12.1. The number of hydrogen-bond donors (Lipinski definition) is 3. The second kappa shape index (κ2) is 6.44. The number of sulfonamides is 1. The zero-order valence-corrected chi connectivity index (χ0v) is 13.7. The van der Waals surface area contributed by atoms with Gasteiger partial charge in [-0.2, -0.15) is 0 Å². The third-order valence-corrected chi connectivity index (χ3v) is 5.12. The predicted octanol–water partition coefficient (Wildman–Crippen LogP) is 0.124. The lowest BCUT2D eigenvalue weighted by atomic mass is 10.1. The van der Waals surface area contributed by atoms with Crippen LogP contribution in [0, 0.1) is 11.1 Å². The summed E-state index contributed by atoms with van der Waals surface area (Å²) < 4.78 is 22.4. The van der Waals surface area contributed by atoms with Gasteiger partial charge in [-0.15, -0.1) is 0 Å². The van der Waals surface area contributed by atoms with Crippen molar-refractivity contribution in [3.05, 3.63) is 29.0 Å². The Kier molecular flexibility index (Phi) is 4.95. The maximum Gasteiger partial charge on any atom is 0.255 e. The molecule has 1 aromatic rings. The Bertz CT molecular complexity index is 706. The highest BCUT2D eigenvalue weighted by Gasteiger charge is 2.30. The molecule has 128 valence electrons. The number of likely N-dealkylation sites (tertiary alicyclic amines) is 1. The summed E-state index contributed by atoms with van der Waals surface area (Å²) in [6.45, 7) is 3.62. The van der Waals surface area contributed by atoms with Crippen LogP contribution in [0.15, 0.2) is 23.1 Å². The van der Waals surface area contributed by atoms with Crippen molar-refractivity contribution in [3.8, 4) is 5.75 Å². The maximum atomic E-state index is 12.1.